The van der Waals surface area contributed by atoms with E-state index in [1.54, 1.807) is 11.9 Å². The Morgan fingerprint density at radius 3 is 2.72 bits per heavy atom. The number of benzene rings is 2. The Labute approximate surface area is 148 Å². The fraction of sp³-hybridized carbons (Fsp3) is 0.300. The number of aryl methyl sites for hydroxylation is 1. The van der Waals surface area contributed by atoms with E-state index in [1.807, 2.05) is 55.4 Å². The second-order valence-electron chi connectivity index (χ2n) is 6.54. The predicted molar refractivity (Wildman–Crippen MR) is 100 cm³/mol. The molecule has 1 aliphatic heterocycles. The molecule has 0 saturated heterocycles. The number of hydrogen-bond donors (Lipinski definition) is 1. The van der Waals surface area contributed by atoms with Crippen molar-refractivity contribution >= 4 is 23.2 Å². The van der Waals surface area contributed by atoms with Crippen LogP contribution in [0.5, 0.6) is 0 Å². The van der Waals surface area contributed by atoms with Crippen molar-refractivity contribution in [3.63, 3.8) is 0 Å². The lowest BCUT2D eigenvalue weighted by atomic mass is 9.99. The smallest absolute Gasteiger partial charge is 0.251 e. The maximum atomic E-state index is 12.4. The second-order valence-corrected chi connectivity index (χ2v) is 6.54. The molecule has 1 aliphatic rings. The van der Waals surface area contributed by atoms with Gasteiger partial charge >= 0.3 is 0 Å². The van der Waals surface area contributed by atoms with E-state index in [1.165, 1.54) is 0 Å². The van der Waals surface area contributed by atoms with Crippen molar-refractivity contribution in [1.82, 2.24) is 5.32 Å². The molecule has 1 N–H and O–H groups in total. The summed E-state index contributed by atoms with van der Waals surface area (Å²) >= 11 is 0. The van der Waals surface area contributed by atoms with Crippen molar-refractivity contribution in [3.05, 3.63) is 59.2 Å². The van der Waals surface area contributed by atoms with Crippen LogP contribution in [0.4, 0.5) is 11.4 Å². The molecule has 25 heavy (non-hydrogen) atoms. The molecule has 2 amide bonds. The van der Waals surface area contributed by atoms with Gasteiger partial charge in [-0.05, 0) is 41.8 Å². The van der Waals surface area contributed by atoms with Crippen LogP contribution in [-0.2, 0) is 17.8 Å². The van der Waals surface area contributed by atoms with E-state index in [4.69, 9.17) is 0 Å². The van der Waals surface area contributed by atoms with Gasteiger partial charge in [-0.25, -0.2) is 0 Å². The fourth-order valence-electron chi connectivity index (χ4n) is 3.03. The summed E-state index contributed by atoms with van der Waals surface area (Å²) in [5.41, 5.74) is 4.80. The molecule has 0 unspecified atom stereocenters. The third-order valence-electron chi connectivity index (χ3n) is 4.57. The topological polar surface area (TPSA) is 52.7 Å². The summed E-state index contributed by atoms with van der Waals surface area (Å²) in [4.78, 5) is 27.8. The summed E-state index contributed by atoms with van der Waals surface area (Å²) in [5, 5.41) is 2.97. The Morgan fingerprint density at radius 1 is 1.16 bits per heavy atom. The van der Waals surface area contributed by atoms with Crippen molar-refractivity contribution in [3.8, 4) is 0 Å². The molecule has 0 aromatic heterocycles. The number of rotatable bonds is 4. The minimum absolute atomic E-state index is 0.0892. The van der Waals surface area contributed by atoms with Crippen molar-refractivity contribution in [2.45, 2.75) is 19.4 Å². The molecule has 2 aromatic carbocycles. The summed E-state index contributed by atoms with van der Waals surface area (Å²) in [6.45, 7) is 0.468. The average molecular weight is 337 g/mol. The van der Waals surface area contributed by atoms with Crippen LogP contribution in [0.15, 0.2) is 42.5 Å². The Balaban J connectivity index is 1.69. The van der Waals surface area contributed by atoms with Gasteiger partial charge in [0, 0.05) is 51.0 Å². The number of carbonyl (C=O) groups is 2. The van der Waals surface area contributed by atoms with Crippen molar-refractivity contribution < 1.29 is 9.59 Å². The van der Waals surface area contributed by atoms with Crippen LogP contribution >= 0.6 is 0 Å². The van der Waals surface area contributed by atoms with Crippen LogP contribution in [0, 0.1) is 0 Å². The highest BCUT2D eigenvalue weighted by Gasteiger charge is 2.20. The third kappa shape index (κ3) is 3.65. The van der Waals surface area contributed by atoms with Gasteiger partial charge in [0.15, 0.2) is 0 Å². The second kappa shape index (κ2) is 6.97. The SMILES string of the molecule is CN(C)c1cccc(C(=O)NCc2ccc3c(c2)CCC(=O)N3C)c1. The maximum Gasteiger partial charge on any atom is 0.251 e. The van der Waals surface area contributed by atoms with E-state index in [0.29, 0.717) is 18.5 Å². The van der Waals surface area contributed by atoms with Crippen molar-refractivity contribution in [1.29, 1.82) is 0 Å². The molecule has 1 heterocycles. The molecule has 0 spiro atoms. The van der Waals surface area contributed by atoms with E-state index >= 15 is 0 Å². The van der Waals surface area contributed by atoms with E-state index < -0.39 is 0 Å². The van der Waals surface area contributed by atoms with Gasteiger partial charge in [-0.3, -0.25) is 9.59 Å². The first-order valence-electron chi connectivity index (χ1n) is 8.39. The molecule has 0 saturated carbocycles. The summed E-state index contributed by atoms with van der Waals surface area (Å²) in [6, 6.07) is 13.5. The average Bonchev–Trinajstić information content (AvgIpc) is 2.63. The van der Waals surface area contributed by atoms with Gasteiger partial charge in [-0.1, -0.05) is 18.2 Å². The van der Waals surface area contributed by atoms with E-state index in [2.05, 4.69) is 11.4 Å². The number of anilines is 2. The first kappa shape index (κ1) is 17.0. The van der Waals surface area contributed by atoms with Gasteiger partial charge in [0.05, 0.1) is 0 Å². The lowest BCUT2D eigenvalue weighted by molar-refractivity contribution is -0.118. The van der Waals surface area contributed by atoms with Crippen LogP contribution in [0.25, 0.3) is 0 Å². The Bertz CT molecular complexity index is 814. The van der Waals surface area contributed by atoms with Crippen LogP contribution in [-0.4, -0.2) is 33.0 Å². The zero-order valence-electron chi connectivity index (χ0n) is 14.9. The van der Waals surface area contributed by atoms with E-state index in [-0.39, 0.29) is 11.8 Å². The third-order valence-corrected chi connectivity index (χ3v) is 4.57. The number of nitrogens with zero attached hydrogens (tertiary/aromatic N) is 2. The van der Waals surface area contributed by atoms with Crippen LogP contribution in [0.2, 0.25) is 0 Å². The Hall–Kier alpha value is -2.82. The van der Waals surface area contributed by atoms with E-state index in [9.17, 15) is 9.59 Å². The number of carbonyl (C=O) groups excluding carboxylic acids is 2. The highest BCUT2D eigenvalue weighted by molar-refractivity contribution is 5.96. The highest BCUT2D eigenvalue weighted by Crippen LogP contribution is 2.27. The first-order chi connectivity index (χ1) is 12.0. The normalized spacial score (nSPS) is 13.4. The Kier molecular flexibility index (Phi) is 4.74. The minimum Gasteiger partial charge on any atom is -0.378 e. The molecule has 130 valence electrons. The summed E-state index contributed by atoms with van der Waals surface area (Å²) in [6.07, 6.45) is 1.29. The van der Waals surface area contributed by atoms with Crippen LogP contribution in [0.3, 0.4) is 0 Å². The lowest BCUT2D eigenvalue weighted by Crippen LogP contribution is -2.31. The van der Waals surface area contributed by atoms with Crippen LogP contribution in [0.1, 0.15) is 27.9 Å². The van der Waals surface area contributed by atoms with Crippen molar-refractivity contribution in [2.75, 3.05) is 30.9 Å². The molecule has 0 aliphatic carbocycles. The largest absolute Gasteiger partial charge is 0.378 e. The summed E-state index contributed by atoms with van der Waals surface area (Å²) < 4.78 is 0. The standard InChI is InChI=1S/C20H23N3O2/c1-22(2)17-6-4-5-16(12-17)20(25)21-13-14-7-9-18-15(11-14)8-10-19(24)23(18)3/h4-7,9,11-12H,8,10,13H2,1-3H3,(H,21,25). The van der Waals surface area contributed by atoms with E-state index in [0.717, 1.165) is 28.9 Å². The Morgan fingerprint density at radius 2 is 1.96 bits per heavy atom. The lowest BCUT2D eigenvalue weighted by Gasteiger charge is -2.26. The summed E-state index contributed by atoms with van der Waals surface area (Å²) in [5.74, 6) is 0.0584. The highest BCUT2D eigenvalue weighted by atomic mass is 16.2. The van der Waals surface area contributed by atoms with Gasteiger partial charge in [-0.15, -0.1) is 0 Å². The number of amides is 2. The zero-order valence-corrected chi connectivity index (χ0v) is 14.9. The molecular weight excluding hydrogens is 314 g/mol. The summed E-state index contributed by atoms with van der Waals surface area (Å²) in [7, 11) is 5.71. The van der Waals surface area contributed by atoms with Gasteiger partial charge < -0.3 is 15.1 Å². The van der Waals surface area contributed by atoms with Crippen molar-refractivity contribution in [2.24, 2.45) is 0 Å². The molecule has 3 rings (SSSR count). The molecule has 0 atom stereocenters. The number of nitrogens with one attached hydrogen (secondary N) is 1. The maximum absolute atomic E-state index is 12.4. The first-order valence-corrected chi connectivity index (χ1v) is 8.39. The molecule has 0 radical (unpaired) electrons. The van der Waals surface area contributed by atoms with Gasteiger partial charge in [0.25, 0.3) is 5.91 Å². The molecule has 5 heteroatoms. The fourth-order valence-corrected chi connectivity index (χ4v) is 3.03. The minimum atomic E-state index is -0.0892. The predicted octanol–water partition coefficient (Wildman–Crippen LogP) is 2.59. The molecular formula is C20H23N3O2. The number of fused-ring (bicyclic) bond motifs is 1. The number of hydrogen-bond acceptors (Lipinski definition) is 3. The van der Waals surface area contributed by atoms with Gasteiger partial charge in [-0.2, -0.15) is 0 Å². The van der Waals surface area contributed by atoms with Gasteiger partial charge in [0.2, 0.25) is 5.91 Å². The molecule has 5 nitrogen and oxygen atoms in total. The quantitative estimate of drug-likeness (QED) is 0.933. The zero-order chi connectivity index (χ0) is 18.0. The van der Waals surface area contributed by atoms with Gasteiger partial charge in [0.1, 0.15) is 0 Å². The molecule has 2 aromatic rings. The molecule has 0 fully saturated rings. The van der Waals surface area contributed by atoms with Crippen LogP contribution < -0.4 is 15.1 Å². The monoisotopic (exact) mass is 337 g/mol. The molecule has 0 bridgehead atoms.